The topological polar surface area (TPSA) is 152 Å². The number of hydrogen-bond donors (Lipinski definition) is 5. The van der Waals surface area contributed by atoms with Gasteiger partial charge in [0.15, 0.2) is 5.82 Å². The van der Waals surface area contributed by atoms with E-state index in [4.69, 9.17) is 16.3 Å². The number of amides is 3. The fourth-order valence-electron chi connectivity index (χ4n) is 6.01. The van der Waals surface area contributed by atoms with E-state index in [1.807, 2.05) is 24.3 Å². The van der Waals surface area contributed by atoms with Crippen LogP contribution in [0.4, 0.5) is 21.9 Å². The Hall–Kier alpha value is -5.55. The third-order valence-electron chi connectivity index (χ3n) is 8.03. The third-order valence-corrected chi connectivity index (χ3v) is 8.40. The van der Waals surface area contributed by atoms with Gasteiger partial charge in [0.2, 0.25) is 0 Å². The van der Waals surface area contributed by atoms with Gasteiger partial charge in [0, 0.05) is 52.1 Å². The molecule has 0 unspecified atom stereocenters. The number of nitrogens with one attached hydrogen (secondary N) is 4. The van der Waals surface area contributed by atoms with E-state index in [1.54, 1.807) is 74.2 Å². The maximum atomic E-state index is 13.8. The standard InChI is InChI=1S/C35H31ClN6O5/c1-35(2,3)47-34(46)38-20-8-10-24-18(12-20)13-27(39-24)32(44)37-21-9-11-25-26(14-21)41-31(40-25)33(45)42-17-19(16-36)30-23-7-5-4-6-22(23)29(43)15-28(30)42/h4-15,19,39,43H,16-17H2,1-3H3,(H,37,44)(H,38,46)(H,40,41)/t19-/m1/s1. The summed E-state index contributed by atoms with van der Waals surface area (Å²) < 4.78 is 5.31. The maximum Gasteiger partial charge on any atom is 0.412 e. The second kappa shape index (κ2) is 11.4. The van der Waals surface area contributed by atoms with E-state index in [2.05, 4.69) is 25.6 Å². The number of aromatic hydroxyl groups is 1. The Morgan fingerprint density at radius 3 is 2.43 bits per heavy atom. The average Bonchev–Trinajstić information content (AvgIpc) is 3.74. The molecule has 0 saturated heterocycles. The molecular formula is C35H31ClN6O5. The number of carbonyl (C=O) groups excluding carboxylic acids is 3. The van der Waals surface area contributed by atoms with Gasteiger partial charge in [-0.25, -0.2) is 9.78 Å². The van der Waals surface area contributed by atoms with Crippen molar-refractivity contribution >= 4 is 79.3 Å². The van der Waals surface area contributed by atoms with Crippen molar-refractivity contribution in [2.45, 2.75) is 32.3 Å². The summed E-state index contributed by atoms with van der Waals surface area (Å²) in [7, 11) is 0. The van der Waals surface area contributed by atoms with Crippen molar-refractivity contribution in [3.8, 4) is 5.75 Å². The lowest BCUT2D eigenvalue weighted by molar-refractivity contribution is 0.0635. The molecule has 2 aromatic heterocycles. The number of alkyl halides is 1. The van der Waals surface area contributed by atoms with Crippen LogP contribution >= 0.6 is 11.6 Å². The molecule has 47 heavy (non-hydrogen) atoms. The van der Waals surface area contributed by atoms with Crippen LogP contribution in [0.2, 0.25) is 0 Å². The Kier molecular flexibility index (Phi) is 7.28. The molecule has 12 heteroatoms. The van der Waals surface area contributed by atoms with Gasteiger partial charge in [-0.2, -0.15) is 0 Å². The van der Waals surface area contributed by atoms with Crippen molar-refractivity contribution in [3.05, 3.63) is 89.9 Å². The van der Waals surface area contributed by atoms with E-state index in [9.17, 15) is 19.5 Å². The zero-order valence-electron chi connectivity index (χ0n) is 25.8. The van der Waals surface area contributed by atoms with Gasteiger partial charge in [-0.1, -0.05) is 24.3 Å². The molecular weight excluding hydrogens is 620 g/mol. The van der Waals surface area contributed by atoms with Gasteiger partial charge in [-0.05, 0) is 74.2 Å². The highest BCUT2D eigenvalue weighted by Crippen LogP contribution is 2.45. The minimum Gasteiger partial charge on any atom is -0.507 e. The maximum absolute atomic E-state index is 13.8. The van der Waals surface area contributed by atoms with Crippen molar-refractivity contribution in [3.63, 3.8) is 0 Å². The Morgan fingerprint density at radius 2 is 1.68 bits per heavy atom. The molecule has 5 N–H and O–H groups in total. The molecule has 0 radical (unpaired) electrons. The third kappa shape index (κ3) is 5.70. The molecule has 3 heterocycles. The minimum atomic E-state index is -0.627. The zero-order chi connectivity index (χ0) is 33.0. The number of nitrogens with zero attached hydrogens (tertiary/aromatic N) is 2. The molecule has 3 amide bonds. The highest BCUT2D eigenvalue weighted by molar-refractivity contribution is 6.19. The first kappa shape index (κ1) is 30.1. The highest BCUT2D eigenvalue weighted by atomic mass is 35.5. The Labute approximate surface area is 273 Å². The molecule has 7 rings (SSSR count). The van der Waals surface area contributed by atoms with Crippen molar-refractivity contribution in [2.24, 2.45) is 0 Å². The lowest BCUT2D eigenvalue weighted by atomic mass is 9.95. The SMILES string of the molecule is CC(C)(C)OC(=O)Nc1ccc2[nH]c(C(=O)Nc3ccc4[nH]c(C(=O)N5C[C@@H](CCl)c6c5cc(O)c5ccccc65)nc4c3)cc2c1. The second-order valence-electron chi connectivity index (χ2n) is 12.5. The van der Waals surface area contributed by atoms with E-state index >= 15 is 0 Å². The van der Waals surface area contributed by atoms with Crippen LogP contribution < -0.4 is 15.5 Å². The van der Waals surface area contributed by atoms with Crippen molar-refractivity contribution in [1.82, 2.24) is 15.0 Å². The molecule has 1 aliphatic rings. The zero-order valence-corrected chi connectivity index (χ0v) is 26.5. The summed E-state index contributed by atoms with van der Waals surface area (Å²) in [5, 5.41) is 18.6. The molecule has 0 bridgehead atoms. The molecule has 0 aliphatic carbocycles. The van der Waals surface area contributed by atoms with E-state index in [1.165, 1.54) is 0 Å². The highest BCUT2D eigenvalue weighted by Gasteiger charge is 2.36. The summed E-state index contributed by atoms with van der Waals surface area (Å²) in [6.07, 6.45) is -0.568. The first-order valence-corrected chi connectivity index (χ1v) is 15.6. The van der Waals surface area contributed by atoms with Gasteiger partial charge < -0.3 is 30.0 Å². The molecule has 238 valence electrons. The van der Waals surface area contributed by atoms with E-state index in [-0.39, 0.29) is 29.3 Å². The summed E-state index contributed by atoms with van der Waals surface area (Å²) in [5.41, 5.74) is 4.09. The first-order valence-electron chi connectivity index (χ1n) is 15.0. The molecule has 0 fully saturated rings. The van der Waals surface area contributed by atoms with E-state index in [0.29, 0.717) is 51.6 Å². The summed E-state index contributed by atoms with van der Waals surface area (Å²) in [6.45, 7) is 5.71. The van der Waals surface area contributed by atoms with Crippen LogP contribution in [-0.4, -0.2) is 56.0 Å². The summed E-state index contributed by atoms with van der Waals surface area (Å²) in [4.78, 5) is 51.4. The van der Waals surface area contributed by atoms with Crippen LogP contribution in [0.15, 0.2) is 72.8 Å². The fraction of sp³-hybridized carbons (Fsp3) is 0.200. The molecule has 0 spiro atoms. The summed E-state index contributed by atoms with van der Waals surface area (Å²) in [5.74, 6) is -0.301. The number of aromatic amines is 2. The molecule has 1 atom stereocenters. The predicted octanol–water partition coefficient (Wildman–Crippen LogP) is 7.49. The monoisotopic (exact) mass is 650 g/mol. The summed E-state index contributed by atoms with van der Waals surface area (Å²) >= 11 is 6.35. The number of carbonyl (C=O) groups is 3. The van der Waals surface area contributed by atoms with Gasteiger partial charge in [-0.3, -0.25) is 14.9 Å². The number of ether oxygens (including phenoxy) is 1. The minimum absolute atomic E-state index is 0.0882. The van der Waals surface area contributed by atoms with Crippen LogP contribution in [0.3, 0.4) is 0 Å². The van der Waals surface area contributed by atoms with E-state index in [0.717, 1.165) is 21.9 Å². The number of rotatable bonds is 5. The number of anilines is 3. The molecule has 11 nitrogen and oxygen atoms in total. The first-order chi connectivity index (χ1) is 22.5. The van der Waals surface area contributed by atoms with Gasteiger partial charge in [-0.15, -0.1) is 11.6 Å². The van der Waals surface area contributed by atoms with Crippen molar-refractivity contribution < 1.29 is 24.2 Å². The Morgan fingerprint density at radius 1 is 0.957 bits per heavy atom. The average molecular weight is 651 g/mol. The van der Waals surface area contributed by atoms with Crippen LogP contribution in [0, 0.1) is 0 Å². The fourth-order valence-corrected chi connectivity index (χ4v) is 6.26. The number of halogens is 1. The quantitative estimate of drug-likeness (QED) is 0.122. The number of aromatic nitrogens is 3. The number of fused-ring (bicyclic) bond motifs is 5. The van der Waals surface area contributed by atoms with Crippen molar-refractivity contribution in [2.75, 3.05) is 28.0 Å². The number of imidazole rings is 1. The summed E-state index contributed by atoms with van der Waals surface area (Å²) in [6, 6.07) is 21.2. The molecule has 1 aliphatic heterocycles. The smallest absolute Gasteiger partial charge is 0.412 e. The second-order valence-corrected chi connectivity index (χ2v) is 12.8. The number of phenols is 1. The van der Waals surface area contributed by atoms with Gasteiger partial charge in [0.25, 0.3) is 11.8 Å². The van der Waals surface area contributed by atoms with Crippen LogP contribution in [0.1, 0.15) is 53.4 Å². The lowest BCUT2D eigenvalue weighted by Gasteiger charge is -2.19. The van der Waals surface area contributed by atoms with Gasteiger partial charge >= 0.3 is 6.09 Å². The normalized spacial score (nSPS) is 14.5. The Balaban J connectivity index is 1.10. The van der Waals surface area contributed by atoms with Gasteiger partial charge in [0.1, 0.15) is 17.0 Å². The van der Waals surface area contributed by atoms with Crippen LogP contribution in [0.5, 0.6) is 5.75 Å². The predicted molar refractivity (Wildman–Crippen MR) is 183 cm³/mol. The number of benzene rings is 4. The van der Waals surface area contributed by atoms with E-state index < -0.39 is 11.7 Å². The number of phenolic OH excluding ortho intramolecular Hbond substituents is 1. The lowest BCUT2D eigenvalue weighted by Crippen LogP contribution is -2.30. The van der Waals surface area contributed by atoms with Gasteiger partial charge in [0.05, 0.1) is 16.7 Å². The molecule has 0 saturated carbocycles. The number of H-pyrrole nitrogens is 2. The molecule has 4 aromatic carbocycles. The largest absolute Gasteiger partial charge is 0.507 e. The van der Waals surface area contributed by atoms with Crippen molar-refractivity contribution in [1.29, 1.82) is 0 Å². The van der Waals surface area contributed by atoms with Crippen LogP contribution in [-0.2, 0) is 4.74 Å². The van der Waals surface area contributed by atoms with Crippen LogP contribution in [0.25, 0.3) is 32.7 Å². The Bertz CT molecular complexity index is 2230. The number of hydrogen-bond acceptors (Lipinski definition) is 6. The molecule has 6 aromatic rings.